The van der Waals surface area contributed by atoms with Crippen molar-refractivity contribution in [1.29, 1.82) is 0 Å². The second-order valence-corrected chi connectivity index (χ2v) is 19.6. The lowest BCUT2D eigenvalue weighted by atomic mass is 9.84. The minimum absolute atomic E-state index is 0.0172. The number of rotatable bonds is 9. The number of nitrogens with zero attached hydrogens (tertiary/aromatic N) is 6. The largest absolute Gasteiger partial charge is 0.464 e. The van der Waals surface area contributed by atoms with E-state index in [1.807, 2.05) is 50.1 Å². The number of hydrogen-bond donors (Lipinski definition) is 2. The monoisotopic (exact) mass is 888 g/mol. The summed E-state index contributed by atoms with van der Waals surface area (Å²) in [5.74, 6) is -0.872. The number of hydrogen-bond acceptors (Lipinski definition) is 11. The van der Waals surface area contributed by atoms with Crippen molar-refractivity contribution in [2.24, 2.45) is 29.3 Å². The summed E-state index contributed by atoms with van der Waals surface area (Å²) >= 11 is 1.56. The van der Waals surface area contributed by atoms with Crippen molar-refractivity contribution in [2.45, 2.75) is 104 Å². The predicted molar refractivity (Wildman–Crippen MR) is 249 cm³/mol. The Kier molecular flexibility index (Phi) is 12.2. The van der Waals surface area contributed by atoms with Gasteiger partial charge in [0.15, 0.2) is 0 Å². The molecule has 2 fully saturated rings. The molecule has 5 aromatic rings. The molecule has 0 spiro atoms. The number of ether oxygens (including phenoxy) is 3. The van der Waals surface area contributed by atoms with Crippen molar-refractivity contribution in [3.8, 4) is 11.3 Å². The minimum Gasteiger partial charge on any atom is -0.464 e. The quantitative estimate of drug-likeness (QED) is 0.147. The Bertz CT molecular complexity index is 2640. The molecule has 1 unspecified atom stereocenters. The van der Waals surface area contributed by atoms with Gasteiger partial charge in [-0.15, -0.1) is 11.8 Å². The number of benzene rings is 1. The summed E-state index contributed by atoms with van der Waals surface area (Å²) < 4.78 is 22.8. The Morgan fingerprint density at radius 3 is 2.73 bits per heavy atom. The van der Waals surface area contributed by atoms with Crippen LogP contribution in [0.25, 0.3) is 33.1 Å². The molecule has 2 amide bonds. The lowest BCUT2D eigenvalue weighted by Crippen LogP contribution is -2.63. The number of nitrogens with one attached hydrogen (secondary N) is 2. The van der Waals surface area contributed by atoms with Crippen LogP contribution in [0.3, 0.4) is 0 Å². The molecule has 7 heterocycles. The topological polar surface area (TPSA) is 154 Å². The number of carbonyl (C=O) groups is 3. The van der Waals surface area contributed by atoms with Crippen molar-refractivity contribution < 1.29 is 28.6 Å². The molecule has 0 radical (unpaired) electrons. The van der Waals surface area contributed by atoms with Crippen LogP contribution in [0.4, 0.5) is 0 Å². The Morgan fingerprint density at radius 2 is 1.95 bits per heavy atom. The number of aryl methyl sites for hydroxylation is 2. The fourth-order valence-corrected chi connectivity index (χ4v) is 11.3. The van der Waals surface area contributed by atoms with Crippen LogP contribution < -0.4 is 10.7 Å². The first kappa shape index (κ1) is 44.1. The number of esters is 1. The van der Waals surface area contributed by atoms with E-state index in [1.165, 1.54) is 5.01 Å². The van der Waals surface area contributed by atoms with E-state index in [-0.39, 0.29) is 54.9 Å². The van der Waals surface area contributed by atoms with Crippen molar-refractivity contribution in [3.05, 3.63) is 83.6 Å². The third-order valence-corrected chi connectivity index (χ3v) is 14.8. The van der Waals surface area contributed by atoms with E-state index < -0.39 is 29.6 Å². The summed E-state index contributed by atoms with van der Waals surface area (Å²) in [6, 6.07) is 12.7. The number of carbonyl (C=O) groups excluding carboxylic acids is 3. The van der Waals surface area contributed by atoms with Gasteiger partial charge in [0, 0.05) is 96.8 Å². The summed E-state index contributed by atoms with van der Waals surface area (Å²) in [6.45, 7) is 13.9. The van der Waals surface area contributed by atoms with E-state index in [9.17, 15) is 14.4 Å². The molecule has 2 N–H and O–H groups in total. The van der Waals surface area contributed by atoms with Crippen LogP contribution in [-0.2, 0) is 48.6 Å². The van der Waals surface area contributed by atoms with Crippen molar-refractivity contribution >= 4 is 56.4 Å². The molecule has 3 aliphatic heterocycles. The molecule has 8 atom stereocenters. The molecule has 1 saturated heterocycles. The molecule has 6 bridgehead atoms. The lowest BCUT2D eigenvalue weighted by Gasteiger charge is -2.37. The number of thioether (sulfide) groups is 1. The highest BCUT2D eigenvalue weighted by molar-refractivity contribution is 8.14. The number of pyridine rings is 2. The van der Waals surface area contributed by atoms with Gasteiger partial charge in [-0.3, -0.25) is 34.4 Å². The van der Waals surface area contributed by atoms with Gasteiger partial charge in [-0.05, 0) is 93.5 Å². The first-order valence-corrected chi connectivity index (χ1v) is 23.7. The Hall–Kier alpha value is -5.09. The molecule has 15 heteroatoms. The molecular formula is C49H60N8O6S. The van der Waals surface area contributed by atoms with E-state index in [0.717, 1.165) is 62.1 Å². The van der Waals surface area contributed by atoms with Gasteiger partial charge in [0.1, 0.15) is 23.2 Å². The Balaban J connectivity index is 1.12. The standard InChI is InChI=1S/C49H60N8O6S/c1-9-56-37-16-15-29-21-32(37)33(43(56)31-13-11-18-50-41(31)28(4)61-8)23-49(5,6)26-63-48(60)34-14-12-19-57(54-34)47(59)42(44(62-10-2)46-52-36(29)25-64-46)53-45(58)40-27(3)39(40)35-22-30-17-20-55(7)38(30)24-51-35/h11,13,15-18,20-22,24,27-28,34,36,39-40,42,44,54H,9-10,12,14,19,23,25-26H2,1-8H3,(H,53,58)/t27-,28-,34-,36?,39-,40+,42-,44-/m0/s1. The third kappa shape index (κ3) is 8.13. The zero-order valence-electron chi connectivity index (χ0n) is 38.1. The molecular weight excluding hydrogens is 829 g/mol. The number of aromatic nitrogens is 4. The molecule has 4 aliphatic rings. The van der Waals surface area contributed by atoms with Gasteiger partial charge < -0.3 is 28.7 Å². The maximum absolute atomic E-state index is 14.9. The van der Waals surface area contributed by atoms with E-state index in [4.69, 9.17) is 29.2 Å². The highest BCUT2D eigenvalue weighted by Crippen LogP contribution is 2.53. The van der Waals surface area contributed by atoms with Gasteiger partial charge in [0.25, 0.3) is 5.91 Å². The van der Waals surface area contributed by atoms with E-state index in [0.29, 0.717) is 36.6 Å². The molecule has 1 saturated carbocycles. The normalized spacial score (nSPS) is 26.4. The fraction of sp³-hybridized carbons (Fsp3) is 0.510. The average Bonchev–Trinajstić information content (AvgIpc) is 3.58. The van der Waals surface area contributed by atoms with Gasteiger partial charge in [-0.1, -0.05) is 26.8 Å². The van der Waals surface area contributed by atoms with E-state index in [1.54, 1.807) is 18.9 Å². The zero-order valence-corrected chi connectivity index (χ0v) is 38.9. The van der Waals surface area contributed by atoms with Crippen LogP contribution in [0, 0.1) is 17.3 Å². The second-order valence-electron chi connectivity index (χ2n) is 18.6. The SMILES string of the molecule is CCO[C@@H]1C2=NC(CS2)c2ccc3c(c2)c(c(-c2cccnc2[C@H](C)OC)n3CC)CC(C)(C)COC(=O)[C@@H]2CCCN(N2)C(=O)[C@H]1NC(=O)[C@@H]1[C@@H](C)[C@H]1c1cc2ccn(C)c2cn1. The second kappa shape index (κ2) is 17.7. The number of hydrazine groups is 1. The van der Waals surface area contributed by atoms with Gasteiger partial charge in [-0.2, -0.15) is 0 Å². The van der Waals surface area contributed by atoms with Crippen molar-refractivity contribution in [3.63, 3.8) is 0 Å². The maximum atomic E-state index is 14.9. The van der Waals surface area contributed by atoms with Crippen LogP contribution in [0.5, 0.6) is 0 Å². The lowest BCUT2D eigenvalue weighted by molar-refractivity contribution is -0.156. The predicted octanol–water partition coefficient (Wildman–Crippen LogP) is 7.06. The summed E-state index contributed by atoms with van der Waals surface area (Å²) in [4.78, 5) is 58.3. The van der Waals surface area contributed by atoms with Crippen LogP contribution in [-0.4, -0.2) is 97.7 Å². The molecule has 64 heavy (non-hydrogen) atoms. The van der Waals surface area contributed by atoms with Crippen LogP contribution in [0.15, 0.2) is 66.0 Å². The number of cyclic esters (lactones) is 1. The summed E-state index contributed by atoms with van der Waals surface area (Å²) in [5.41, 5.74) is 10.8. The highest BCUT2D eigenvalue weighted by atomic mass is 32.2. The fourth-order valence-electron chi connectivity index (χ4n) is 10.1. The third-order valence-electron chi connectivity index (χ3n) is 13.7. The van der Waals surface area contributed by atoms with Crippen molar-refractivity contribution in [2.75, 3.05) is 32.6 Å². The van der Waals surface area contributed by atoms with Gasteiger partial charge in [0.2, 0.25) is 5.91 Å². The molecule has 338 valence electrons. The number of aliphatic imine (C=N–C) groups is 1. The first-order chi connectivity index (χ1) is 30.8. The Labute approximate surface area is 378 Å². The average molecular weight is 889 g/mol. The minimum atomic E-state index is -1.12. The van der Waals surface area contributed by atoms with Gasteiger partial charge >= 0.3 is 5.97 Å². The molecule has 4 aromatic heterocycles. The smallest absolute Gasteiger partial charge is 0.324 e. The van der Waals surface area contributed by atoms with Gasteiger partial charge in [0.05, 0.1) is 41.9 Å². The Morgan fingerprint density at radius 1 is 1.12 bits per heavy atom. The summed E-state index contributed by atoms with van der Waals surface area (Å²) in [6.07, 6.45) is 6.24. The van der Waals surface area contributed by atoms with Gasteiger partial charge in [-0.25, -0.2) is 5.43 Å². The molecule has 9 rings (SSSR count). The number of fused-ring (bicyclic) bond motifs is 6. The van der Waals surface area contributed by atoms with E-state index >= 15 is 0 Å². The maximum Gasteiger partial charge on any atom is 0.324 e. The highest BCUT2D eigenvalue weighted by Gasteiger charge is 2.55. The first-order valence-electron chi connectivity index (χ1n) is 22.7. The van der Waals surface area contributed by atoms with Crippen LogP contribution >= 0.6 is 11.8 Å². The summed E-state index contributed by atoms with van der Waals surface area (Å²) in [5, 5.41) is 7.47. The number of methoxy groups -OCH3 is 1. The van der Waals surface area contributed by atoms with Crippen LogP contribution in [0.1, 0.15) is 95.0 Å². The van der Waals surface area contributed by atoms with E-state index in [2.05, 4.69) is 79.4 Å². The molecule has 1 aromatic carbocycles. The zero-order chi connectivity index (χ0) is 45.0. The molecule has 1 aliphatic carbocycles. The van der Waals surface area contributed by atoms with Crippen LogP contribution in [0.2, 0.25) is 0 Å². The molecule has 14 nitrogen and oxygen atoms in total. The van der Waals surface area contributed by atoms with Crippen molar-refractivity contribution in [1.82, 2.24) is 34.9 Å². The summed E-state index contributed by atoms with van der Waals surface area (Å²) in [7, 11) is 3.69. The number of amides is 2.